The Morgan fingerprint density at radius 3 is 2.60 bits per heavy atom. The number of nitrogens with zero attached hydrogens (tertiary/aromatic N) is 1. The molecule has 2 aromatic rings. The van der Waals surface area contributed by atoms with Crippen LogP contribution in [0.25, 0.3) is 0 Å². The summed E-state index contributed by atoms with van der Waals surface area (Å²) in [6.07, 6.45) is 0.257. The van der Waals surface area contributed by atoms with Crippen molar-refractivity contribution in [1.29, 1.82) is 0 Å². The van der Waals surface area contributed by atoms with Crippen LogP contribution in [0.2, 0.25) is 0 Å². The minimum atomic E-state index is -1.13. The standard InChI is InChI=1S/C18H18N2O5/c1-11(25-16(22)14-9-6-10-24-14)15(21)20-13-8-5-4-7-12(13)19-17(23)18(20,2)3/h4-11H,1-3H3,(H,19,23)/t11-/m1/s1. The van der Waals surface area contributed by atoms with E-state index in [1.54, 1.807) is 44.2 Å². The van der Waals surface area contributed by atoms with E-state index >= 15 is 0 Å². The maximum atomic E-state index is 13.0. The SMILES string of the molecule is C[C@@H](OC(=O)c1ccco1)C(=O)N1c2ccccc2NC(=O)C1(C)C. The van der Waals surface area contributed by atoms with Gasteiger partial charge in [0, 0.05) is 0 Å². The number of rotatable bonds is 3. The van der Waals surface area contributed by atoms with Gasteiger partial charge in [0.25, 0.3) is 5.91 Å². The first kappa shape index (κ1) is 16.8. The van der Waals surface area contributed by atoms with Gasteiger partial charge in [0.15, 0.2) is 6.10 Å². The highest BCUT2D eigenvalue weighted by Crippen LogP contribution is 2.37. The molecule has 1 aliphatic rings. The minimum absolute atomic E-state index is 0.00991. The fourth-order valence-electron chi connectivity index (χ4n) is 2.69. The molecule has 0 saturated heterocycles. The summed E-state index contributed by atoms with van der Waals surface area (Å²) in [5.74, 6) is -1.54. The molecule has 1 N–H and O–H groups in total. The Morgan fingerprint density at radius 2 is 1.92 bits per heavy atom. The van der Waals surface area contributed by atoms with Crippen LogP contribution in [0.4, 0.5) is 11.4 Å². The number of anilines is 2. The van der Waals surface area contributed by atoms with Crippen LogP contribution in [-0.4, -0.2) is 29.4 Å². The average Bonchev–Trinajstić information content (AvgIpc) is 3.10. The van der Waals surface area contributed by atoms with Crippen molar-refractivity contribution in [2.24, 2.45) is 0 Å². The molecule has 0 unspecified atom stereocenters. The van der Waals surface area contributed by atoms with Crippen LogP contribution in [0.15, 0.2) is 47.1 Å². The first-order chi connectivity index (χ1) is 11.8. The lowest BCUT2D eigenvalue weighted by Gasteiger charge is -2.42. The van der Waals surface area contributed by atoms with Gasteiger partial charge in [-0.3, -0.25) is 14.5 Å². The molecule has 2 heterocycles. The number of hydrogen-bond acceptors (Lipinski definition) is 5. The molecule has 1 atom stereocenters. The van der Waals surface area contributed by atoms with E-state index in [-0.39, 0.29) is 11.7 Å². The zero-order valence-corrected chi connectivity index (χ0v) is 14.1. The Labute approximate surface area is 144 Å². The quantitative estimate of drug-likeness (QED) is 0.866. The second-order valence-electron chi connectivity index (χ2n) is 6.23. The molecule has 1 aliphatic heterocycles. The fraction of sp³-hybridized carbons (Fsp3) is 0.278. The van der Waals surface area contributed by atoms with E-state index in [1.165, 1.54) is 24.2 Å². The van der Waals surface area contributed by atoms with E-state index in [4.69, 9.17) is 9.15 Å². The Balaban J connectivity index is 1.89. The van der Waals surface area contributed by atoms with E-state index < -0.39 is 23.5 Å². The highest BCUT2D eigenvalue weighted by Gasteiger charge is 2.45. The molecule has 0 aliphatic carbocycles. The summed E-state index contributed by atoms with van der Waals surface area (Å²) in [7, 11) is 0. The molecule has 0 bridgehead atoms. The van der Waals surface area contributed by atoms with Crippen molar-refractivity contribution in [1.82, 2.24) is 0 Å². The molecule has 1 aromatic heterocycles. The molecule has 0 saturated carbocycles. The van der Waals surface area contributed by atoms with Gasteiger partial charge in [0.1, 0.15) is 5.54 Å². The fourth-order valence-corrected chi connectivity index (χ4v) is 2.69. The summed E-state index contributed by atoms with van der Waals surface area (Å²) in [4.78, 5) is 38.7. The molecule has 130 valence electrons. The third kappa shape index (κ3) is 2.88. The van der Waals surface area contributed by atoms with Crippen LogP contribution in [0.1, 0.15) is 31.3 Å². The van der Waals surface area contributed by atoms with Gasteiger partial charge in [0.2, 0.25) is 11.7 Å². The summed E-state index contributed by atoms with van der Waals surface area (Å²) in [6.45, 7) is 4.74. The van der Waals surface area contributed by atoms with Gasteiger partial charge in [0.05, 0.1) is 17.6 Å². The monoisotopic (exact) mass is 342 g/mol. The summed E-state index contributed by atoms with van der Waals surface area (Å²) in [5.41, 5.74) is -0.0423. The van der Waals surface area contributed by atoms with Crippen LogP contribution in [0.5, 0.6) is 0 Å². The lowest BCUT2D eigenvalue weighted by molar-refractivity contribution is -0.131. The number of esters is 1. The molecule has 0 fully saturated rings. The Hall–Kier alpha value is -3.09. The highest BCUT2D eigenvalue weighted by atomic mass is 16.6. The van der Waals surface area contributed by atoms with Crippen molar-refractivity contribution >= 4 is 29.2 Å². The van der Waals surface area contributed by atoms with E-state index in [0.717, 1.165) is 0 Å². The smallest absolute Gasteiger partial charge is 0.374 e. The number of carbonyl (C=O) groups excluding carboxylic acids is 3. The van der Waals surface area contributed by atoms with Crippen molar-refractivity contribution in [3.05, 3.63) is 48.4 Å². The topological polar surface area (TPSA) is 88.8 Å². The van der Waals surface area contributed by atoms with Crippen LogP contribution in [0.3, 0.4) is 0 Å². The van der Waals surface area contributed by atoms with E-state index in [1.807, 2.05) is 0 Å². The number of para-hydroxylation sites is 2. The van der Waals surface area contributed by atoms with Crippen LogP contribution < -0.4 is 10.2 Å². The van der Waals surface area contributed by atoms with Gasteiger partial charge in [-0.05, 0) is 45.0 Å². The minimum Gasteiger partial charge on any atom is -0.457 e. The van der Waals surface area contributed by atoms with Crippen molar-refractivity contribution in [2.45, 2.75) is 32.4 Å². The maximum absolute atomic E-state index is 13.0. The summed E-state index contributed by atoms with van der Waals surface area (Å²) in [6, 6.07) is 9.98. The third-order valence-corrected chi connectivity index (χ3v) is 4.08. The normalized spacial score (nSPS) is 16.6. The van der Waals surface area contributed by atoms with Crippen molar-refractivity contribution in [3.8, 4) is 0 Å². The molecule has 2 amide bonds. The van der Waals surface area contributed by atoms with Gasteiger partial charge in [-0.15, -0.1) is 0 Å². The number of benzene rings is 1. The predicted octanol–water partition coefficient (Wildman–Crippen LogP) is 2.59. The third-order valence-electron chi connectivity index (χ3n) is 4.08. The molecule has 3 rings (SSSR count). The van der Waals surface area contributed by atoms with Crippen LogP contribution in [-0.2, 0) is 14.3 Å². The zero-order valence-electron chi connectivity index (χ0n) is 14.1. The largest absolute Gasteiger partial charge is 0.457 e. The van der Waals surface area contributed by atoms with Crippen molar-refractivity contribution < 1.29 is 23.5 Å². The number of carbonyl (C=O) groups is 3. The first-order valence-corrected chi connectivity index (χ1v) is 7.81. The van der Waals surface area contributed by atoms with Crippen LogP contribution >= 0.6 is 0 Å². The second kappa shape index (κ2) is 6.08. The summed E-state index contributed by atoms with van der Waals surface area (Å²) in [5, 5.41) is 2.78. The second-order valence-corrected chi connectivity index (χ2v) is 6.23. The lowest BCUT2D eigenvalue weighted by atomic mass is 9.95. The van der Waals surface area contributed by atoms with Crippen molar-refractivity contribution in [3.63, 3.8) is 0 Å². The molecule has 7 nitrogen and oxygen atoms in total. The maximum Gasteiger partial charge on any atom is 0.374 e. The molecule has 1 aromatic carbocycles. The number of amides is 2. The average molecular weight is 342 g/mol. The molecule has 25 heavy (non-hydrogen) atoms. The van der Waals surface area contributed by atoms with Gasteiger partial charge in [-0.2, -0.15) is 0 Å². The van der Waals surface area contributed by atoms with Gasteiger partial charge in [-0.25, -0.2) is 4.79 Å². The van der Waals surface area contributed by atoms with E-state index in [9.17, 15) is 14.4 Å². The Bertz CT molecular complexity index is 826. The van der Waals surface area contributed by atoms with Crippen molar-refractivity contribution in [2.75, 3.05) is 10.2 Å². The lowest BCUT2D eigenvalue weighted by Crippen LogP contribution is -2.60. The van der Waals surface area contributed by atoms with Crippen LogP contribution in [0, 0.1) is 0 Å². The van der Waals surface area contributed by atoms with E-state index in [2.05, 4.69) is 5.32 Å². The molecular formula is C18H18N2O5. The number of fused-ring (bicyclic) bond motifs is 1. The van der Waals surface area contributed by atoms with Gasteiger partial charge >= 0.3 is 5.97 Å². The summed E-state index contributed by atoms with van der Waals surface area (Å²) >= 11 is 0. The number of furan rings is 1. The first-order valence-electron chi connectivity index (χ1n) is 7.81. The summed E-state index contributed by atoms with van der Waals surface area (Å²) < 4.78 is 10.2. The highest BCUT2D eigenvalue weighted by molar-refractivity contribution is 6.15. The number of nitrogens with one attached hydrogen (secondary N) is 1. The van der Waals surface area contributed by atoms with Gasteiger partial charge in [-0.1, -0.05) is 12.1 Å². The zero-order chi connectivity index (χ0) is 18.2. The van der Waals surface area contributed by atoms with E-state index in [0.29, 0.717) is 11.4 Å². The predicted molar refractivity (Wildman–Crippen MR) is 90.2 cm³/mol. The Kier molecular flexibility index (Phi) is 4.08. The Morgan fingerprint density at radius 1 is 1.20 bits per heavy atom. The molecule has 7 heteroatoms. The number of hydrogen-bond donors (Lipinski definition) is 1. The number of ether oxygens (including phenoxy) is 1. The molecule has 0 radical (unpaired) electrons. The van der Waals surface area contributed by atoms with Gasteiger partial charge < -0.3 is 14.5 Å². The molecule has 0 spiro atoms. The molecular weight excluding hydrogens is 324 g/mol.